The maximum absolute atomic E-state index is 9.38. The Balaban J connectivity index is 1.83. The number of nitrogens with zero attached hydrogens (tertiary/aromatic N) is 2. The lowest BCUT2D eigenvalue weighted by atomic mass is 10.1. The number of hydrogen-bond donors (Lipinski definition) is 1. The molecule has 0 saturated heterocycles. The van der Waals surface area contributed by atoms with Gasteiger partial charge in [0.25, 0.3) is 0 Å². The zero-order chi connectivity index (χ0) is 14.2. The Morgan fingerprint density at radius 1 is 1.14 bits per heavy atom. The number of aliphatic hydroxyl groups is 1. The van der Waals surface area contributed by atoms with Gasteiger partial charge >= 0.3 is 0 Å². The third-order valence-corrected chi connectivity index (χ3v) is 3.57. The number of imidazole rings is 1. The molecule has 1 aromatic carbocycles. The van der Waals surface area contributed by atoms with Gasteiger partial charge in [-0.3, -0.25) is 0 Å². The molecule has 5 heteroatoms. The summed E-state index contributed by atoms with van der Waals surface area (Å²) in [5.41, 5.74) is 3.38. The minimum atomic E-state index is -0.0259. The lowest BCUT2D eigenvalue weighted by Crippen LogP contribution is -2.15. The highest BCUT2D eigenvalue weighted by atomic mass is 16.6. The molecule has 0 bridgehead atoms. The summed E-state index contributed by atoms with van der Waals surface area (Å²) in [5.74, 6) is 1.52. The maximum atomic E-state index is 9.38. The van der Waals surface area contributed by atoms with Crippen LogP contribution in [-0.4, -0.2) is 27.7 Å². The van der Waals surface area contributed by atoms with Crippen LogP contribution in [0.1, 0.15) is 5.56 Å². The summed E-state index contributed by atoms with van der Waals surface area (Å²) in [6, 6.07) is 9.58. The monoisotopic (exact) mass is 282 g/mol. The van der Waals surface area contributed by atoms with Gasteiger partial charge in [0.15, 0.2) is 11.5 Å². The van der Waals surface area contributed by atoms with Crippen LogP contribution in [0.15, 0.2) is 42.7 Å². The van der Waals surface area contributed by atoms with Crippen molar-refractivity contribution in [1.29, 1.82) is 0 Å². The Morgan fingerprint density at radius 2 is 2.00 bits per heavy atom. The molecular weight excluding hydrogens is 268 g/mol. The molecule has 0 saturated carbocycles. The largest absolute Gasteiger partial charge is 0.486 e. The first-order valence-corrected chi connectivity index (χ1v) is 6.82. The van der Waals surface area contributed by atoms with E-state index in [4.69, 9.17) is 9.47 Å². The van der Waals surface area contributed by atoms with E-state index in [0.717, 1.165) is 34.0 Å². The molecule has 1 aliphatic rings. The van der Waals surface area contributed by atoms with Crippen LogP contribution in [0.4, 0.5) is 0 Å². The molecule has 5 nitrogen and oxygen atoms in total. The molecule has 21 heavy (non-hydrogen) atoms. The quantitative estimate of drug-likeness (QED) is 0.783. The van der Waals surface area contributed by atoms with Gasteiger partial charge in [0.2, 0.25) is 0 Å². The van der Waals surface area contributed by atoms with Gasteiger partial charge in [-0.1, -0.05) is 6.07 Å². The summed E-state index contributed by atoms with van der Waals surface area (Å²) in [5, 5.41) is 9.38. The SMILES string of the molecule is OCc1cccn2cc(-c3ccc4c(c3)OCCO4)nc12. The Kier molecular flexibility index (Phi) is 2.79. The molecule has 2 aromatic heterocycles. The standard InChI is InChI=1S/C16H14N2O3/c19-10-12-2-1-5-18-9-13(17-16(12)18)11-3-4-14-15(8-11)21-7-6-20-14/h1-5,8-9,19H,6-7,10H2. The highest BCUT2D eigenvalue weighted by molar-refractivity contribution is 5.67. The van der Waals surface area contributed by atoms with Gasteiger partial charge in [0.05, 0.1) is 12.3 Å². The number of aliphatic hydroxyl groups excluding tert-OH is 1. The predicted molar refractivity (Wildman–Crippen MR) is 77.5 cm³/mol. The number of hydrogen-bond acceptors (Lipinski definition) is 4. The second kappa shape index (κ2) is 4.79. The molecule has 0 radical (unpaired) electrons. The molecule has 4 rings (SSSR count). The number of fused-ring (bicyclic) bond motifs is 2. The van der Waals surface area contributed by atoms with Crippen molar-refractivity contribution in [2.75, 3.05) is 13.2 Å². The van der Waals surface area contributed by atoms with Gasteiger partial charge in [0, 0.05) is 23.5 Å². The van der Waals surface area contributed by atoms with E-state index < -0.39 is 0 Å². The Labute approximate surface area is 121 Å². The molecule has 0 aliphatic carbocycles. The van der Waals surface area contributed by atoms with E-state index in [9.17, 15) is 5.11 Å². The first kappa shape index (κ1) is 12.2. The first-order valence-electron chi connectivity index (χ1n) is 6.82. The van der Waals surface area contributed by atoms with Crippen LogP contribution in [0.25, 0.3) is 16.9 Å². The van der Waals surface area contributed by atoms with Gasteiger partial charge in [-0.05, 0) is 24.3 Å². The number of rotatable bonds is 2. The van der Waals surface area contributed by atoms with Crippen molar-refractivity contribution in [1.82, 2.24) is 9.38 Å². The Morgan fingerprint density at radius 3 is 2.86 bits per heavy atom. The third-order valence-electron chi connectivity index (χ3n) is 3.57. The van der Waals surface area contributed by atoms with Crippen molar-refractivity contribution >= 4 is 5.65 Å². The van der Waals surface area contributed by atoms with E-state index in [1.165, 1.54) is 0 Å². The fraction of sp³-hybridized carbons (Fsp3) is 0.188. The molecule has 3 heterocycles. The Hall–Kier alpha value is -2.53. The van der Waals surface area contributed by atoms with E-state index in [1.807, 2.05) is 47.1 Å². The van der Waals surface area contributed by atoms with Crippen molar-refractivity contribution < 1.29 is 14.6 Å². The van der Waals surface area contributed by atoms with Crippen LogP contribution in [0.3, 0.4) is 0 Å². The molecular formula is C16H14N2O3. The third kappa shape index (κ3) is 2.02. The van der Waals surface area contributed by atoms with E-state index in [2.05, 4.69) is 4.98 Å². The van der Waals surface area contributed by atoms with Crippen molar-refractivity contribution in [2.45, 2.75) is 6.61 Å². The lowest BCUT2D eigenvalue weighted by Gasteiger charge is -2.18. The molecule has 0 unspecified atom stereocenters. The molecule has 0 spiro atoms. The molecule has 3 aromatic rings. The summed E-state index contributed by atoms with van der Waals surface area (Å²) >= 11 is 0. The van der Waals surface area contributed by atoms with Gasteiger partial charge in [-0.2, -0.15) is 0 Å². The van der Waals surface area contributed by atoms with Crippen LogP contribution in [0.5, 0.6) is 11.5 Å². The topological polar surface area (TPSA) is 56.0 Å². The van der Waals surface area contributed by atoms with Crippen molar-refractivity contribution in [3.05, 3.63) is 48.3 Å². The normalized spacial score (nSPS) is 13.6. The van der Waals surface area contributed by atoms with E-state index >= 15 is 0 Å². The number of benzene rings is 1. The highest BCUT2D eigenvalue weighted by Gasteiger charge is 2.14. The number of pyridine rings is 1. The van der Waals surface area contributed by atoms with Crippen LogP contribution < -0.4 is 9.47 Å². The smallest absolute Gasteiger partial charge is 0.162 e. The van der Waals surface area contributed by atoms with E-state index in [0.29, 0.717) is 13.2 Å². The fourth-order valence-corrected chi connectivity index (χ4v) is 2.54. The van der Waals surface area contributed by atoms with E-state index in [-0.39, 0.29) is 6.61 Å². The molecule has 0 atom stereocenters. The second-order valence-electron chi connectivity index (χ2n) is 4.91. The molecule has 0 fully saturated rings. The van der Waals surface area contributed by atoms with Crippen molar-refractivity contribution in [2.24, 2.45) is 0 Å². The summed E-state index contributed by atoms with van der Waals surface area (Å²) in [6.07, 6.45) is 3.86. The molecule has 106 valence electrons. The maximum Gasteiger partial charge on any atom is 0.162 e. The van der Waals surface area contributed by atoms with Gasteiger partial charge in [-0.15, -0.1) is 0 Å². The average molecular weight is 282 g/mol. The van der Waals surface area contributed by atoms with Crippen LogP contribution in [-0.2, 0) is 6.61 Å². The minimum absolute atomic E-state index is 0.0259. The van der Waals surface area contributed by atoms with Crippen LogP contribution in [0, 0.1) is 0 Å². The fourth-order valence-electron chi connectivity index (χ4n) is 2.54. The lowest BCUT2D eigenvalue weighted by molar-refractivity contribution is 0.171. The van der Waals surface area contributed by atoms with Crippen molar-refractivity contribution in [3.8, 4) is 22.8 Å². The summed E-state index contributed by atoms with van der Waals surface area (Å²) in [7, 11) is 0. The summed E-state index contributed by atoms with van der Waals surface area (Å²) in [4.78, 5) is 4.61. The summed E-state index contributed by atoms with van der Waals surface area (Å²) in [6.45, 7) is 1.12. The zero-order valence-electron chi connectivity index (χ0n) is 11.3. The number of ether oxygens (including phenoxy) is 2. The number of aromatic nitrogens is 2. The van der Waals surface area contributed by atoms with Crippen molar-refractivity contribution in [3.63, 3.8) is 0 Å². The summed E-state index contributed by atoms with van der Waals surface area (Å²) < 4.78 is 13.0. The minimum Gasteiger partial charge on any atom is -0.486 e. The van der Waals surface area contributed by atoms with Gasteiger partial charge in [-0.25, -0.2) is 4.98 Å². The average Bonchev–Trinajstić information content (AvgIpc) is 2.98. The molecule has 1 aliphatic heterocycles. The molecule has 1 N–H and O–H groups in total. The molecule has 0 amide bonds. The van der Waals surface area contributed by atoms with Gasteiger partial charge in [0.1, 0.15) is 18.9 Å². The predicted octanol–water partition coefficient (Wildman–Crippen LogP) is 2.26. The van der Waals surface area contributed by atoms with Crippen LogP contribution >= 0.6 is 0 Å². The Bertz CT molecular complexity index is 810. The second-order valence-corrected chi connectivity index (χ2v) is 4.91. The van der Waals surface area contributed by atoms with Crippen LogP contribution in [0.2, 0.25) is 0 Å². The zero-order valence-corrected chi connectivity index (χ0v) is 11.3. The first-order chi connectivity index (χ1) is 10.3. The highest BCUT2D eigenvalue weighted by Crippen LogP contribution is 2.34. The van der Waals surface area contributed by atoms with E-state index in [1.54, 1.807) is 0 Å². The van der Waals surface area contributed by atoms with Gasteiger partial charge < -0.3 is 19.0 Å².